The second-order valence-corrected chi connectivity index (χ2v) is 9.74. The number of pyridine rings is 1. The van der Waals surface area contributed by atoms with Gasteiger partial charge in [0.25, 0.3) is 5.56 Å². The standard InChI is InChI=1S/C31H22N2O6/c1-33-15-17(19-5-3-4-6-24(19)33)13-26-29(35)20-8-10-25-28(30(20)39-26)21(14-27(34)38-25)22-12-16-11-18(37-2)7-9-23(16)32-31(22)36/h3-13,15,21H,14H2,1-2H3,(H,32,36)/b26-13-. The average Bonchev–Trinajstić information content (AvgIpc) is 3.43. The van der Waals surface area contributed by atoms with Crippen molar-refractivity contribution in [3.8, 4) is 17.2 Å². The zero-order valence-electron chi connectivity index (χ0n) is 21.1. The number of H-pyrrole nitrogens is 1. The van der Waals surface area contributed by atoms with Crippen molar-refractivity contribution in [1.82, 2.24) is 9.55 Å². The molecule has 8 heteroatoms. The van der Waals surface area contributed by atoms with Crippen LogP contribution in [0.2, 0.25) is 0 Å². The number of ether oxygens (including phenoxy) is 3. The maximum absolute atomic E-state index is 13.5. The maximum atomic E-state index is 13.5. The number of ketones is 1. The highest BCUT2D eigenvalue weighted by Gasteiger charge is 2.39. The van der Waals surface area contributed by atoms with Crippen molar-refractivity contribution in [2.45, 2.75) is 12.3 Å². The first-order chi connectivity index (χ1) is 18.9. The minimum Gasteiger partial charge on any atom is -0.497 e. The fraction of sp³-hybridized carbons (Fsp3) is 0.129. The van der Waals surface area contributed by atoms with Crippen LogP contribution < -0.4 is 19.8 Å². The van der Waals surface area contributed by atoms with Crippen molar-refractivity contribution < 1.29 is 23.8 Å². The lowest BCUT2D eigenvalue weighted by Gasteiger charge is -2.26. The Bertz CT molecular complexity index is 1960. The molecule has 2 aliphatic heterocycles. The number of allylic oxidation sites excluding steroid dienone is 1. The Hall–Kier alpha value is -5.11. The first kappa shape index (κ1) is 23.0. The number of hydrogen-bond donors (Lipinski definition) is 1. The van der Waals surface area contributed by atoms with E-state index in [2.05, 4.69) is 4.98 Å². The molecule has 3 aromatic carbocycles. The molecule has 1 N–H and O–H groups in total. The van der Waals surface area contributed by atoms with Gasteiger partial charge < -0.3 is 23.8 Å². The summed E-state index contributed by atoms with van der Waals surface area (Å²) in [6.07, 6.45) is 3.61. The topological polar surface area (TPSA) is 99.6 Å². The van der Waals surface area contributed by atoms with Crippen molar-refractivity contribution in [1.29, 1.82) is 0 Å². The predicted octanol–water partition coefficient (Wildman–Crippen LogP) is 5.09. The summed E-state index contributed by atoms with van der Waals surface area (Å²) in [5.74, 6) is -0.00208. The zero-order valence-corrected chi connectivity index (χ0v) is 21.1. The summed E-state index contributed by atoms with van der Waals surface area (Å²) in [5.41, 5.74) is 3.45. The van der Waals surface area contributed by atoms with Gasteiger partial charge in [-0.25, -0.2) is 0 Å². The SMILES string of the molecule is COc1ccc2[nH]c(=O)c(C3CC(=O)Oc4ccc5c(c43)O/C(=C\c3cn(C)c4ccccc34)C5=O)cc2c1. The van der Waals surface area contributed by atoms with Gasteiger partial charge in [0.2, 0.25) is 5.78 Å². The molecule has 8 nitrogen and oxygen atoms in total. The van der Waals surface area contributed by atoms with Gasteiger partial charge in [-0.3, -0.25) is 14.4 Å². The van der Waals surface area contributed by atoms with Crippen molar-refractivity contribution in [3.63, 3.8) is 0 Å². The summed E-state index contributed by atoms with van der Waals surface area (Å²) in [6, 6.07) is 18.2. The van der Waals surface area contributed by atoms with Gasteiger partial charge in [-0.1, -0.05) is 18.2 Å². The minimum absolute atomic E-state index is 0.0675. The van der Waals surface area contributed by atoms with E-state index in [1.807, 2.05) is 48.1 Å². The Labute approximate surface area is 222 Å². The highest BCUT2D eigenvalue weighted by Crippen LogP contribution is 2.48. The average molecular weight is 519 g/mol. The number of carbonyl (C=O) groups excluding carboxylic acids is 2. The molecule has 0 fully saturated rings. The number of nitrogens with zero attached hydrogens (tertiary/aromatic N) is 1. The molecule has 192 valence electrons. The van der Waals surface area contributed by atoms with Crippen molar-refractivity contribution in [2.75, 3.05) is 7.11 Å². The van der Waals surface area contributed by atoms with E-state index in [-0.39, 0.29) is 29.3 Å². The van der Waals surface area contributed by atoms with E-state index in [1.54, 1.807) is 43.5 Å². The Morgan fingerprint density at radius 1 is 1.03 bits per heavy atom. The first-order valence-electron chi connectivity index (χ1n) is 12.5. The summed E-state index contributed by atoms with van der Waals surface area (Å²) >= 11 is 0. The molecule has 0 radical (unpaired) electrons. The molecule has 4 heterocycles. The van der Waals surface area contributed by atoms with Crippen LogP contribution in [0.15, 0.2) is 77.4 Å². The zero-order chi connectivity index (χ0) is 26.8. The van der Waals surface area contributed by atoms with Crippen LogP contribution in [0.1, 0.15) is 39.4 Å². The molecule has 5 aromatic rings. The number of para-hydroxylation sites is 1. The summed E-state index contributed by atoms with van der Waals surface area (Å²) in [7, 11) is 3.52. The van der Waals surface area contributed by atoms with Gasteiger partial charge in [-0.05, 0) is 48.5 Å². The monoisotopic (exact) mass is 518 g/mol. The number of esters is 1. The molecular formula is C31H22N2O6. The maximum Gasteiger partial charge on any atom is 0.312 e. The molecule has 0 saturated heterocycles. The summed E-state index contributed by atoms with van der Waals surface area (Å²) in [5, 5.41) is 1.75. The lowest BCUT2D eigenvalue weighted by Crippen LogP contribution is -2.26. The number of hydrogen-bond acceptors (Lipinski definition) is 6. The third kappa shape index (κ3) is 3.56. The summed E-state index contributed by atoms with van der Waals surface area (Å²) < 4.78 is 19.1. The second kappa shape index (κ2) is 8.46. The van der Waals surface area contributed by atoms with Crippen LogP contribution in [0.5, 0.6) is 17.2 Å². The molecular weight excluding hydrogens is 496 g/mol. The highest BCUT2D eigenvalue weighted by molar-refractivity contribution is 6.15. The van der Waals surface area contributed by atoms with Gasteiger partial charge in [0.1, 0.15) is 17.2 Å². The normalized spacial score (nSPS) is 17.3. The Morgan fingerprint density at radius 2 is 1.87 bits per heavy atom. The smallest absolute Gasteiger partial charge is 0.312 e. The van der Waals surface area contributed by atoms with Crippen LogP contribution in [0.25, 0.3) is 27.9 Å². The van der Waals surface area contributed by atoms with Gasteiger partial charge >= 0.3 is 5.97 Å². The van der Waals surface area contributed by atoms with Crippen LogP contribution in [0, 0.1) is 0 Å². The van der Waals surface area contributed by atoms with Crippen molar-refractivity contribution in [2.24, 2.45) is 7.05 Å². The number of nitrogens with one attached hydrogen (secondary N) is 1. The molecule has 0 saturated carbocycles. The molecule has 39 heavy (non-hydrogen) atoms. The van der Waals surface area contributed by atoms with Crippen molar-refractivity contribution >= 4 is 39.6 Å². The second-order valence-electron chi connectivity index (χ2n) is 9.74. The number of aromatic amines is 1. The van der Waals surface area contributed by atoms with Gasteiger partial charge in [-0.15, -0.1) is 0 Å². The number of carbonyl (C=O) groups is 2. The largest absolute Gasteiger partial charge is 0.497 e. The number of aryl methyl sites for hydroxylation is 1. The third-order valence-corrected chi connectivity index (χ3v) is 7.45. The van der Waals surface area contributed by atoms with E-state index in [4.69, 9.17) is 14.2 Å². The third-order valence-electron chi connectivity index (χ3n) is 7.45. The molecule has 0 spiro atoms. The molecule has 7 rings (SSSR count). The van der Waals surface area contributed by atoms with Crippen LogP contribution in [0.4, 0.5) is 0 Å². The molecule has 1 unspecified atom stereocenters. The van der Waals surface area contributed by atoms with Crippen LogP contribution in [-0.2, 0) is 11.8 Å². The van der Waals surface area contributed by atoms with Gasteiger partial charge in [0.05, 0.1) is 19.1 Å². The van der Waals surface area contributed by atoms with E-state index in [0.29, 0.717) is 33.7 Å². The highest BCUT2D eigenvalue weighted by atomic mass is 16.5. The van der Waals surface area contributed by atoms with E-state index in [1.165, 1.54) is 0 Å². The minimum atomic E-state index is -0.666. The molecule has 2 aliphatic rings. The molecule has 0 bridgehead atoms. The number of aromatic nitrogens is 2. The van der Waals surface area contributed by atoms with E-state index < -0.39 is 11.9 Å². The lowest BCUT2D eigenvalue weighted by atomic mass is 9.85. The fourth-order valence-electron chi connectivity index (χ4n) is 5.59. The molecule has 0 aliphatic carbocycles. The van der Waals surface area contributed by atoms with Gasteiger partial charge in [0.15, 0.2) is 5.76 Å². The first-order valence-corrected chi connectivity index (χ1v) is 12.5. The Kier molecular flexibility index (Phi) is 5.00. The quantitative estimate of drug-likeness (QED) is 0.203. The number of fused-ring (bicyclic) bond motifs is 5. The van der Waals surface area contributed by atoms with Gasteiger partial charge in [-0.2, -0.15) is 0 Å². The Balaban J connectivity index is 1.37. The van der Waals surface area contributed by atoms with Crippen LogP contribution >= 0.6 is 0 Å². The Morgan fingerprint density at radius 3 is 2.72 bits per heavy atom. The predicted molar refractivity (Wildman–Crippen MR) is 146 cm³/mol. The van der Waals surface area contributed by atoms with Gasteiger partial charge in [0, 0.05) is 57.7 Å². The van der Waals surface area contributed by atoms with E-state index in [9.17, 15) is 14.4 Å². The van der Waals surface area contributed by atoms with Crippen molar-refractivity contribution in [3.05, 3.63) is 105 Å². The summed E-state index contributed by atoms with van der Waals surface area (Å²) in [6.45, 7) is 0. The lowest BCUT2D eigenvalue weighted by molar-refractivity contribution is -0.135. The van der Waals surface area contributed by atoms with Crippen LogP contribution in [-0.4, -0.2) is 28.4 Å². The number of Topliss-reactive ketones (excluding diaryl/α,β-unsaturated/α-hetero) is 1. The van der Waals surface area contributed by atoms with E-state index >= 15 is 0 Å². The van der Waals surface area contributed by atoms with E-state index in [0.717, 1.165) is 21.9 Å². The molecule has 0 amide bonds. The fourth-order valence-corrected chi connectivity index (χ4v) is 5.59. The number of methoxy groups -OCH3 is 1. The molecule has 2 aromatic heterocycles. The number of rotatable bonds is 3. The molecule has 1 atom stereocenters. The number of benzene rings is 3. The van der Waals surface area contributed by atoms with Crippen LogP contribution in [0.3, 0.4) is 0 Å². The summed E-state index contributed by atoms with van der Waals surface area (Å²) in [4.78, 5) is 42.2.